The van der Waals surface area contributed by atoms with Crippen LogP contribution < -0.4 is 9.88 Å². The lowest BCUT2D eigenvalue weighted by Crippen LogP contribution is -2.49. The van der Waals surface area contributed by atoms with Crippen LogP contribution in [0.5, 0.6) is 5.88 Å². The molecule has 0 saturated carbocycles. The number of rotatable bonds is 8. The van der Waals surface area contributed by atoms with E-state index >= 15 is 0 Å². The fraction of sp³-hybridized carbons (Fsp3) is 0.435. The predicted molar refractivity (Wildman–Crippen MR) is 127 cm³/mol. The van der Waals surface area contributed by atoms with E-state index in [4.69, 9.17) is 14.6 Å². The zero-order chi connectivity index (χ0) is 24.3. The predicted octanol–water partition coefficient (Wildman–Crippen LogP) is 1.98. The monoisotopic (exact) mass is 487 g/mol. The van der Waals surface area contributed by atoms with Gasteiger partial charge in [0.2, 0.25) is 5.88 Å². The molecule has 11 heteroatoms. The Morgan fingerprint density at radius 2 is 1.91 bits per heavy atom. The van der Waals surface area contributed by atoms with Crippen molar-refractivity contribution in [3.05, 3.63) is 48.3 Å². The second kappa shape index (κ2) is 9.88. The number of nitrogens with two attached hydrogens (primary N) is 1. The lowest BCUT2D eigenvalue weighted by Gasteiger charge is -2.30. The summed E-state index contributed by atoms with van der Waals surface area (Å²) in [6.07, 6.45) is 3.90. The maximum Gasteiger partial charge on any atom is 0.277 e. The first-order valence-electron chi connectivity index (χ1n) is 11.2. The Bertz CT molecular complexity index is 1250. The van der Waals surface area contributed by atoms with Gasteiger partial charge in [-0.1, -0.05) is 38.1 Å². The molecule has 1 aliphatic heterocycles. The van der Waals surface area contributed by atoms with Gasteiger partial charge in [0.1, 0.15) is 12.7 Å². The average Bonchev–Trinajstić information content (AvgIpc) is 2.86. The molecule has 0 spiro atoms. The van der Waals surface area contributed by atoms with Crippen LogP contribution in [0, 0.1) is 0 Å². The molecule has 0 aliphatic carbocycles. The van der Waals surface area contributed by atoms with Gasteiger partial charge >= 0.3 is 0 Å². The Morgan fingerprint density at radius 1 is 1.21 bits per heavy atom. The summed E-state index contributed by atoms with van der Waals surface area (Å²) in [4.78, 5) is 13.4. The van der Waals surface area contributed by atoms with E-state index in [0.29, 0.717) is 29.6 Å². The van der Waals surface area contributed by atoms with E-state index in [-0.39, 0.29) is 32.2 Å². The lowest BCUT2D eigenvalue weighted by molar-refractivity contribution is -0.0254. The minimum Gasteiger partial charge on any atom is -0.473 e. The first-order valence-corrected chi connectivity index (χ1v) is 12.7. The van der Waals surface area contributed by atoms with Crippen molar-refractivity contribution in [3.63, 3.8) is 0 Å². The van der Waals surface area contributed by atoms with Gasteiger partial charge in [-0.3, -0.25) is 4.98 Å². The molecule has 1 saturated heterocycles. The summed E-state index contributed by atoms with van der Waals surface area (Å²) >= 11 is 0. The number of fused-ring (bicyclic) bond motifs is 1. The number of aliphatic hydroxyl groups is 1. The van der Waals surface area contributed by atoms with Crippen LogP contribution in [0.15, 0.2) is 42.7 Å². The van der Waals surface area contributed by atoms with Crippen molar-refractivity contribution in [1.29, 1.82) is 0 Å². The highest BCUT2D eigenvalue weighted by atomic mass is 32.2. The van der Waals surface area contributed by atoms with Crippen molar-refractivity contribution in [2.24, 2.45) is 5.14 Å². The molecular weight excluding hydrogens is 458 g/mol. The molecule has 3 heterocycles. The van der Waals surface area contributed by atoms with Crippen LogP contribution in [-0.4, -0.2) is 65.2 Å². The molecule has 34 heavy (non-hydrogen) atoms. The van der Waals surface area contributed by atoms with E-state index in [1.807, 2.05) is 44.2 Å². The van der Waals surface area contributed by atoms with Gasteiger partial charge in [0.25, 0.3) is 10.2 Å². The minimum atomic E-state index is -3.80. The number of nitrogens with zero attached hydrogens (tertiary/aromatic N) is 4. The molecule has 0 radical (unpaired) electrons. The maximum absolute atomic E-state index is 11.7. The van der Waals surface area contributed by atoms with Gasteiger partial charge in [0.15, 0.2) is 5.52 Å². The molecule has 0 unspecified atom stereocenters. The minimum absolute atomic E-state index is 0.0765. The molecule has 10 nitrogen and oxygen atoms in total. The van der Waals surface area contributed by atoms with Crippen LogP contribution in [0.4, 0.5) is 0 Å². The van der Waals surface area contributed by atoms with Gasteiger partial charge in [0, 0.05) is 31.0 Å². The number of morpholine rings is 1. The molecule has 1 atom stereocenters. The highest BCUT2D eigenvalue weighted by Gasteiger charge is 2.28. The van der Waals surface area contributed by atoms with Crippen molar-refractivity contribution >= 4 is 21.2 Å². The highest BCUT2D eigenvalue weighted by Crippen LogP contribution is 2.32. The SMILES string of the molecule is CCC(O)(CC)c1ccc(-c2cc3nccnc3c(OC[C@@H]3CN(S(N)(=O)=O)CCO3)n2)cc1. The Kier molecular flexibility index (Phi) is 7.10. The summed E-state index contributed by atoms with van der Waals surface area (Å²) < 4.78 is 36.1. The van der Waals surface area contributed by atoms with Crippen LogP contribution in [0.2, 0.25) is 0 Å². The molecular formula is C23H29N5O5S. The molecule has 182 valence electrons. The Labute approximate surface area is 198 Å². The van der Waals surface area contributed by atoms with Gasteiger partial charge in [-0.05, 0) is 24.5 Å². The van der Waals surface area contributed by atoms with E-state index in [9.17, 15) is 13.5 Å². The Morgan fingerprint density at radius 3 is 2.59 bits per heavy atom. The van der Waals surface area contributed by atoms with Crippen molar-refractivity contribution in [1.82, 2.24) is 19.3 Å². The van der Waals surface area contributed by atoms with E-state index in [1.165, 1.54) is 4.31 Å². The summed E-state index contributed by atoms with van der Waals surface area (Å²) in [7, 11) is -3.80. The Balaban J connectivity index is 1.60. The first-order chi connectivity index (χ1) is 16.2. The van der Waals surface area contributed by atoms with Crippen LogP contribution in [0.25, 0.3) is 22.3 Å². The topological polar surface area (TPSA) is 141 Å². The van der Waals surface area contributed by atoms with Gasteiger partial charge in [-0.2, -0.15) is 12.7 Å². The van der Waals surface area contributed by atoms with Crippen LogP contribution in [0.1, 0.15) is 32.3 Å². The standard InChI is InChI=1S/C23H29N5O5S/c1-3-23(29,4-2)17-7-5-16(6-8-17)19-13-20-21(26-10-9-25-20)22(27-19)33-15-18-14-28(11-12-32-18)34(24,30)31/h5-10,13,18,29H,3-4,11-12,14-15H2,1-2H3,(H2,24,30,31)/t18-/m0/s1. The maximum atomic E-state index is 11.7. The third kappa shape index (κ3) is 5.18. The zero-order valence-corrected chi connectivity index (χ0v) is 20.0. The molecule has 3 N–H and O–H groups in total. The summed E-state index contributed by atoms with van der Waals surface area (Å²) in [5.41, 5.74) is 2.58. The second-order valence-electron chi connectivity index (χ2n) is 8.26. The van der Waals surface area contributed by atoms with Crippen LogP contribution >= 0.6 is 0 Å². The summed E-state index contributed by atoms with van der Waals surface area (Å²) in [5, 5.41) is 16.0. The quantitative estimate of drug-likeness (QED) is 0.491. The third-order valence-electron chi connectivity index (χ3n) is 6.18. The van der Waals surface area contributed by atoms with E-state index in [0.717, 1.165) is 11.1 Å². The number of hydrogen-bond donors (Lipinski definition) is 2. The largest absolute Gasteiger partial charge is 0.473 e. The molecule has 2 aromatic heterocycles. The first kappa shape index (κ1) is 24.4. The van der Waals surface area contributed by atoms with E-state index < -0.39 is 21.9 Å². The molecule has 0 bridgehead atoms. The number of aromatic nitrogens is 3. The van der Waals surface area contributed by atoms with Crippen molar-refractivity contribution in [2.45, 2.75) is 38.4 Å². The molecule has 1 aliphatic rings. The number of ether oxygens (including phenoxy) is 2. The molecule has 0 amide bonds. The fourth-order valence-electron chi connectivity index (χ4n) is 4.00. The highest BCUT2D eigenvalue weighted by molar-refractivity contribution is 7.86. The molecule has 1 fully saturated rings. The average molecular weight is 488 g/mol. The number of benzene rings is 1. The van der Waals surface area contributed by atoms with Crippen LogP contribution in [-0.2, 0) is 20.5 Å². The van der Waals surface area contributed by atoms with Gasteiger partial charge in [-0.25, -0.2) is 15.1 Å². The lowest BCUT2D eigenvalue weighted by atomic mass is 9.88. The van der Waals surface area contributed by atoms with Crippen molar-refractivity contribution in [3.8, 4) is 17.1 Å². The molecule has 1 aromatic carbocycles. The van der Waals surface area contributed by atoms with Crippen molar-refractivity contribution in [2.75, 3.05) is 26.3 Å². The smallest absolute Gasteiger partial charge is 0.277 e. The van der Waals surface area contributed by atoms with Gasteiger partial charge in [0.05, 0.1) is 23.4 Å². The van der Waals surface area contributed by atoms with Gasteiger partial charge in [-0.15, -0.1) is 0 Å². The van der Waals surface area contributed by atoms with E-state index in [1.54, 1.807) is 12.4 Å². The summed E-state index contributed by atoms with van der Waals surface area (Å²) in [6.45, 7) is 4.53. The zero-order valence-electron chi connectivity index (χ0n) is 19.2. The van der Waals surface area contributed by atoms with Crippen molar-refractivity contribution < 1.29 is 23.0 Å². The second-order valence-corrected chi connectivity index (χ2v) is 9.81. The van der Waals surface area contributed by atoms with Crippen LogP contribution in [0.3, 0.4) is 0 Å². The number of hydrogen-bond acceptors (Lipinski definition) is 8. The summed E-state index contributed by atoms with van der Waals surface area (Å²) in [5.74, 6) is 0.277. The Hall–Kier alpha value is -2.70. The third-order valence-corrected chi connectivity index (χ3v) is 7.23. The van der Waals surface area contributed by atoms with Gasteiger partial charge < -0.3 is 14.6 Å². The van der Waals surface area contributed by atoms with E-state index in [2.05, 4.69) is 15.0 Å². The fourth-order valence-corrected chi connectivity index (χ4v) is 4.70. The number of pyridine rings is 1. The molecule has 3 aromatic rings. The molecule has 4 rings (SSSR count). The summed E-state index contributed by atoms with van der Waals surface area (Å²) in [6, 6.07) is 9.46. The normalized spacial score (nSPS) is 17.7.